The lowest BCUT2D eigenvalue weighted by molar-refractivity contribution is -0.141. The first-order valence-corrected chi connectivity index (χ1v) is 17.1. The van der Waals surface area contributed by atoms with Crippen LogP contribution in [-0.4, -0.2) is 48.6 Å². The van der Waals surface area contributed by atoms with Gasteiger partial charge in [-0.1, -0.05) is 103 Å². The van der Waals surface area contributed by atoms with Crippen molar-refractivity contribution in [2.24, 2.45) is 0 Å². The molecule has 1 aliphatic rings. The maximum atomic E-state index is 14.0. The molecule has 1 N–H and O–H groups in total. The van der Waals surface area contributed by atoms with Crippen molar-refractivity contribution < 1.29 is 18.0 Å². The molecule has 9 heteroatoms. The van der Waals surface area contributed by atoms with Gasteiger partial charge in [0.1, 0.15) is 6.04 Å². The number of benzene rings is 4. The molecule has 0 bridgehead atoms. The van der Waals surface area contributed by atoms with Crippen molar-refractivity contribution in [1.29, 1.82) is 0 Å². The summed E-state index contributed by atoms with van der Waals surface area (Å²) in [5.41, 5.74) is 3.50. The van der Waals surface area contributed by atoms with E-state index < -0.39 is 16.1 Å². The highest BCUT2D eigenvalue weighted by Crippen LogP contribution is 2.22. The first-order chi connectivity index (χ1) is 21.8. The smallest absolute Gasteiger partial charge is 0.243 e. The second kappa shape index (κ2) is 15.3. The normalized spacial score (nSPS) is 14.2. The fourth-order valence-electron chi connectivity index (χ4n) is 5.58. The number of halogens is 1. The van der Waals surface area contributed by atoms with Gasteiger partial charge in [-0.15, -0.1) is 0 Å². The third kappa shape index (κ3) is 8.60. The largest absolute Gasteiger partial charge is 0.350 e. The van der Waals surface area contributed by atoms with Crippen LogP contribution in [0.2, 0.25) is 5.02 Å². The average Bonchev–Trinajstić information content (AvgIpc) is 3.62. The summed E-state index contributed by atoms with van der Waals surface area (Å²) in [5, 5.41) is 3.58. The minimum Gasteiger partial charge on any atom is -0.350 e. The van der Waals surface area contributed by atoms with Crippen LogP contribution in [0.15, 0.2) is 114 Å². The summed E-state index contributed by atoms with van der Waals surface area (Å²) in [5.74, 6) is -0.430. The first-order valence-electron chi connectivity index (χ1n) is 15.3. The van der Waals surface area contributed by atoms with Crippen LogP contribution in [0.4, 0.5) is 0 Å². The molecule has 0 saturated carbocycles. The summed E-state index contributed by atoms with van der Waals surface area (Å²) in [6.07, 6.45) is 2.67. The van der Waals surface area contributed by atoms with Gasteiger partial charge in [0.05, 0.1) is 4.90 Å². The lowest BCUT2D eigenvalue weighted by Crippen LogP contribution is -2.50. The van der Waals surface area contributed by atoms with Crippen LogP contribution in [0.1, 0.15) is 41.5 Å². The molecule has 4 aromatic rings. The molecule has 1 saturated heterocycles. The molecule has 1 heterocycles. The zero-order valence-electron chi connectivity index (χ0n) is 25.1. The Bertz CT molecular complexity index is 1680. The van der Waals surface area contributed by atoms with E-state index in [0.717, 1.165) is 35.1 Å². The topological polar surface area (TPSA) is 86.8 Å². The van der Waals surface area contributed by atoms with Crippen molar-refractivity contribution in [3.63, 3.8) is 0 Å². The van der Waals surface area contributed by atoms with Crippen molar-refractivity contribution in [3.05, 3.63) is 136 Å². The van der Waals surface area contributed by atoms with Crippen molar-refractivity contribution >= 4 is 33.4 Å². The maximum Gasteiger partial charge on any atom is 0.243 e. The van der Waals surface area contributed by atoms with Crippen LogP contribution in [0.5, 0.6) is 0 Å². The zero-order chi connectivity index (χ0) is 31.6. The van der Waals surface area contributed by atoms with Crippen LogP contribution in [0.3, 0.4) is 0 Å². The number of nitrogens with one attached hydrogen (secondary N) is 1. The van der Waals surface area contributed by atoms with Crippen molar-refractivity contribution in [2.45, 2.75) is 56.1 Å². The van der Waals surface area contributed by atoms with E-state index in [1.165, 1.54) is 4.31 Å². The van der Waals surface area contributed by atoms with Gasteiger partial charge in [0.15, 0.2) is 0 Å². The van der Waals surface area contributed by atoms with E-state index >= 15 is 0 Å². The number of hydrogen-bond donors (Lipinski definition) is 1. The van der Waals surface area contributed by atoms with E-state index in [4.69, 9.17) is 11.6 Å². The standard InChI is InChI=1S/C36H38ClN3O4S/c37-33-16-8-7-15-31(33)26-38-36(42)34(25-29-11-3-1-4-12-29)40(27-30-13-5-2-6-14-30)35(41)22-19-28-17-20-32(21-18-28)45(43,44)39-23-9-10-24-39/h1-8,11-18,20-21,34H,9-10,19,22-27H2,(H,38,42). The molecule has 0 radical (unpaired) electrons. The maximum absolute atomic E-state index is 14.0. The van der Waals surface area contributed by atoms with E-state index in [-0.39, 0.29) is 36.2 Å². The molecule has 45 heavy (non-hydrogen) atoms. The van der Waals surface area contributed by atoms with E-state index in [2.05, 4.69) is 5.32 Å². The van der Waals surface area contributed by atoms with Gasteiger partial charge in [-0.2, -0.15) is 4.31 Å². The summed E-state index contributed by atoms with van der Waals surface area (Å²) < 4.78 is 27.4. The summed E-state index contributed by atoms with van der Waals surface area (Å²) in [6.45, 7) is 1.60. The van der Waals surface area contributed by atoms with Gasteiger partial charge in [-0.3, -0.25) is 9.59 Å². The van der Waals surface area contributed by atoms with Gasteiger partial charge < -0.3 is 10.2 Å². The molecule has 0 spiro atoms. The Morgan fingerprint density at radius 3 is 2.02 bits per heavy atom. The number of hydrogen-bond acceptors (Lipinski definition) is 4. The molecule has 0 aromatic heterocycles. The summed E-state index contributed by atoms with van der Waals surface area (Å²) in [6, 6.07) is 32.7. The minimum atomic E-state index is -3.51. The van der Waals surface area contributed by atoms with Crippen LogP contribution >= 0.6 is 11.6 Å². The SMILES string of the molecule is O=C(NCc1ccccc1Cl)C(Cc1ccccc1)N(Cc1ccccc1)C(=O)CCc1ccc(S(=O)(=O)N2CCCC2)cc1. The monoisotopic (exact) mass is 643 g/mol. The summed E-state index contributed by atoms with van der Waals surface area (Å²) >= 11 is 6.35. The fraction of sp³-hybridized carbons (Fsp3) is 0.278. The number of amides is 2. The van der Waals surface area contributed by atoms with E-state index in [1.54, 1.807) is 35.2 Å². The molecule has 234 valence electrons. The number of carbonyl (C=O) groups is 2. The highest BCUT2D eigenvalue weighted by Gasteiger charge is 2.31. The van der Waals surface area contributed by atoms with Gasteiger partial charge >= 0.3 is 0 Å². The molecule has 5 rings (SSSR count). The van der Waals surface area contributed by atoms with Gasteiger partial charge in [0.25, 0.3) is 0 Å². The minimum absolute atomic E-state index is 0.161. The van der Waals surface area contributed by atoms with Crippen LogP contribution in [-0.2, 0) is 45.5 Å². The zero-order valence-corrected chi connectivity index (χ0v) is 26.7. The molecular formula is C36H38ClN3O4S. The number of aryl methyl sites for hydroxylation is 1. The molecule has 2 amide bonds. The Balaban J connectivity index is 1.36. The summed E-state index contributed by atoms with van der Waals surface area (Å²) in [7, 11) is -3.51. The number of nitrogens with zero attached hydrogens (tertiary/aromatic N) is 2. The van der Waals surface area contributed by atoms with Crippen molar-refractivity contribution in [3.8, 4) is 0 Å². The van der Waals surface area contributed by atoms with Crippen molar-refractivity contribution in [1.82, 2.24) is 14.5 Å². The Morgan fingerprint density at radius 1 is 0.778 bits per heavy atom. The highest BCUT2D eigenvalue weighted by atomic mass is 35.5. The fourth-order valence-corrected chi connectivity index (χ4v) is 7.30. The summed E-state index contributed by atoms with van der Waals surface area (Å²) in [4.78, 5) is 29.8. The lowest BCUT2D eigenvalue weighted by atomic mass is 10.0. The van der Waals surface area contributed by atoms with Gasteiger partial charge in [-0.05, 0) is 59.7 Å². The van der Waals surface area contributed by atoms with E-state index in [0.29, 0.717) is 31.0 Å². The molecule has 4 aromatic carbocycles. The van der Waals surface area contributed by atoms with E-state index in [9.17, 15) is 18.0 Å². The first kappa shape index (κ1) is 32.4. The number of sulfonamides is 1. The molecule has 1 aliphatic heterocycles. The average molecular weight is 644 g/mol. The molecule has 7 nitrogen and oxygen atoms in total. The van der Waals surface area contributed by atoms with Crippen molar-refractivity contribution in [2.75, 3.05) is 13.1 Å². The third-order valence-electron chi connectivity index (χ3n) is 8.13. The van der Waals surface area contributed by atoms with Crippen LogP contribution < -0.4 is 5.32 Å². The van der Waals surface area contributed by atoms with E-state index in [1.807, 2.05) is 78.9 Å². The Labute approximate surface area is 270 Å². The molecule has 0 aliphatic carbocycles. The highest BCUT2D eigenvalue weighted by molar-refractivity contribution is 7.89. The predicted octanol–water partition coefficient (Wildman–Crippen LogP) is 6.01. The molecular weight excluding hydrogens is 606 g/mol. The molecule has 1 atom stereocenters. The molecule has 1 unspecified atom stereocenters. The Hall–Kier alpha value is -3.98. The molecule has 1 fully saturated rings. The third-order valence-corrected chi connectivity index (χ3v) is 10.4. The van der Waals surface area contributed by atoms with Gasteiger partial charge in [0, 0.05) is 44.0 Å². The van der Waals surface area contributed by atoms with Gasteiger partial charge in [-0.25, -0.2) is 8.42 Å². The Morgan fingerprint density at radius 2 is 1.38 bits per heavy atom. The second-order valence-electron chi connectivity index (χ2n) is 11.3. The van der Waals surface area contributed by atoms with Crippen LogP contribution in [0.25, 0.3) is 0 Å². The predicted molar refractivity (Wildman–Crippen MR) is 177 cm³/mol. The quantitative estimate of drug-likeness (QED) is 0.193. The van der Waals surface area contributed by atoms with Gasteiger partial charge in [0.2, 0.25) is 21.8 Å². The lowest BCUT2D eigenvalue weighted by Gasteiger charge is -2.32. The number of rotatable bonds is 13. The number of carbonyl (C=O) groups excluding carboxylic acids is 2. The second-order valence-corrected chi connectivity index (χ2v) is 13.6. The van der Waals surface area contributed by atoms with Crippen LogP contribution in [0, 0.1) is 0 Å². The Kier molecular flexibility index (Phi) is 11.1.